The van der Waals surface area contributed by atoms with Gasteiger partial charge in [-0.3, -0.25) is 9.69 Å². The Morgan fingerprint density at radius 1 is 1.40 bits per heavy atom. The highest BCUT2D eigenvalue weighted by molar-refractivity contribution is 8.00. The molecule has 0 radical (unpaired) electrons. The second-order valence-corrected chi connectivity index (χ2v) is 7.89. The molecule has 2 aromatic rings. The van der Waals surface area contributed by atoms with Crippen LogP contribution in [0.1, 0.15) is 30.4 Å². The molecule has 1 aromatic heterocycles. The number of benzene rings is 1. The van der Waals surface area contributed by atoms with E-state index in [0.717, 1.165) is 37.5 Å². The molecule has 1 saturated heterocycles. The van der Waals surface area contributed by atoms with Gasteiger partial charge in [0.1, 0.15) is 5.76 Å². The normalized spacial score (nSPS) is 19.1. The topological polar surface area (TPSA) is 58.4 Å². The first-order valence-electron chi connectivity index (χ1n) is 8.68. The van der Waals surface area contributed by atoms with Gasteiger partial charge in [0.15, 0.2) is 0 Å². The average Bonchev–Trinajstić information content (AvgIpc) is 3.14. The van der Waals surface area contributed by atoms with E-state index in [9.17, 15) is 4.79 Å². The van der Waals surface area contributed by atoms with Gasteiger partial charge in [0, 0.05) is 25.7 Å². The SMILES string of the molecule is Cc1nc(SC(C)C(=O)NC2CCN(Cc3ccccc3)C2)oc1C. The van der Waals surface area contributed by atoms with E-state index >= 15 is 0 Å². The number of thioether (sulfide) groups is 1. The number of carbonyl (C=O) groups is 1. The van der Waals surface area contributed by atoms with E-state index in [-0.39, 0.29) is 17.2 Å². The minimum atomic E-state index is -0.222. The fourth-order valence-corrected chi connectivity index (χ4v) is 3.79. The molecule has 0 aliphatic carbocycles. The van der Waals surface area contributed by atoms with Crippen LogP contribution in [0.5, 0.6) is 0 Å². The zero-order valence-electron chi connectivity index (χ0n) is 15.0. The molecular formula is C19H25N3O2S. The maximum atomic E-state index is 12.4. The summed E-state index contributed by atoms with van der Waals surface area (Å²) < 4.78 is 5.55. The van der Waals surface area contributed by atoms with E-state index in [4.69, 9.17) is 4.42 Å². The molecule has 2 atom stereocenters. The molecule has 2 heterocycles. The lowest BCUT2D eigenvalue weighted by Crippen LogP contribution is -2.40. The predicted molar refractivity (Wildman–Crippen MR) is 99.6 cm³/mol. The van der Waals surface area contributed by atoms with Crippen molar-refractivity contribution in [3.8, 4) is 0 Å². The molecule has 2 unspecified atom stereocenters. The number of aryl methyl sites for hydroxylation is 2. The summed E-state index contributed by atoms with van der Waals surface area (Å²) >= 11 is 1.37. The molecule has 1 aromatic carbocycles. The molecule has 1 N–H and O–H groups in total. The van der Waals surface area contributed by atoms with E-state index in [0.29, 0.717) is 5.22 Å². The summed E-state index contributed by atoms with van der Waals surface area (Å²) in [5, 5.41) is 3.51. The summed E-state index contributed by atoms with van der Waals surface area (Å²) in [5.74, 6) is 0.854. The van der Waals surface area contributed by atoms with Crippen molar-refractivity contribution in [2.75, 3.05) is 13.1 Å². The van der Waals surface area contributed by atoms with Crippen LogP contribution in [0.2, 0.25) is 0 Å². The van der Waals surface area contributed by atoms with Gasteiger partial charge in [-0.15, -0.1) is 0 Å². The van der Waals surface area contributed by atoms with Gasteiger partial charge < -0.3 is 9.73 Å². The second kappa shape index (κ2) is 8.06. The Morgan fingerprint density at radius 2 is 2.16 bits per heavy atom. The van der Waals surface area contributed by atoms with Crippen LogP contribution < -0.4 is 5.32 Å². The number of nitrogens with one attached hydrogen (secondary N) is 1. The maximum Gasteiger partial charge on any atom is 0.256 e. The van der Waals surface area contributed by atoms with E-state index < -0.39 is 0 Å². The molecule has 3 rings (SSSR count). The van der Waals surface area contributed by atoms with Crippen molar-refractivity contribution in [3.63, 3.8) is 0 Å². The van der Waals surface area contributed by atoms with Crippen molar-refractivity contribution in [1.29, 1.82) is 0 Å². The summed E-state index contributed by atoms with van der Waals surface area (Å²) in [4.78, 5) is 19.2. The van der Waals surface area contributed by atoms with Gasteiger partial charge in [0.25, 0.3) is 5.22 Å². The number of aromatic nitrogens is 1. The summed E-state index contributed by atoms with van der Waals surface area (Å²) in [7, 11) is 0. The first kappa shape index (κ1) is 18.0. The smallest absolute Gasteiger partial charge is 0.256 e. The Labute approximate surface area is 153 Å². The van der Waals surface area contributed by atoms with E-state index in [1.807, 2.05) is 26.8 Å². The zero-order valence-corrected chi connectivity index (χ0v) is 15.8. The summed E-state index contributed by atoms with van der Waals surface area (Å²) in [6.45, 7) is 8.54. The van der Waals surface area contributed by atoms with Gasteiger partial charge in [-0.05, 0) is 32.8 Å². The molecule has 1 amide bonds. The van der Waals surface area contributed by atoms with Crippen molar-refractivity contribution < 1.29 is 9.21 Å². The van der Waals surface area contributed by atoms with Crippen LogP contribution in [0.3, 0.4) is 0 Å². The Morgan fingerprint density at radius 3 is 2.84 bits per heavy atom. The number of carbonyl (C=O) groups excluding carboxylic acids is 1. The summed E-state index contributed by atoms with van der Waals surface area (Å²) in [5.41, 5.74) is 2.19. The molecule has 1 aliphatic rings. The van der Waals surface area contributed by atoms with E-state index in [1.165, 1.54) is 17.3 Å². The Bertz CT molecular complexity index is 697. The number of likely N-dealkylation sites (tertiary alicyclic amines) is 1. The van der Waals surface area contributed by atoms with Gasteiger partial charge in [-0.2, -0.15) is 0 Å². The minimum Gasteiger partial charge on any atom is -0.437 e. The maximum absolute atomic E-state index is 12.4. The Balaban J connectivity index is 1.46. The van der Waals surface area contributed by atoms with Crippen LogP contribution in [0.4, 0.5) is 0 Å². The van der Waals surface area contributed by atoms with Gasteiger partial charge in [-0.25, -0.2) is 4.98 Å². The molecule has 1 aliphatic heterocycles. The summed E-state index contributed by atoms with van der Waals surface area (Å²) in [6, 6.07) is 10.7. The number of rotatable bonds is 6. The van der Waals surface area contributed by atoms with Crippen molar-refractivity contribution in [3.05, 3.63) is 47.3 Å². The Kier molecular flexibility index (Phi) is 5.81. The lowest BCUT2D eigenvalue weighted by atomic mass is 10.2. The van der Waals surface area contributed by atoms with Crippen LogP contribution in [-0.4, -0.2) is 40.2 Å². The van der Waals surface area contributed by atoms with Crippen molar-refractivity contribution >= 4 is 17.7 Å². The lowest BCUT2D eigenvalue weighted by molar-refractivity contribution is -0.120. The number of oxazole rings is 1. The van der Waals surface area contributed by atoms with Gasteiger partial charge in [0.05, 0.1) is 10.9 Å². The standard InChI is InChI=1S/C19H25N3O2S/c1-13-14(2)24-19(20-13)25-15(3)18(23)21-17-9-10-22(12-17)11-16-7-5-4-6-8-16/h4-8,15,17H,9-12H2,1-3H3,(H,21,23). The van der Waals surface area contributed by atoms with Gasteiger partial charge in [-0.1, -0.05) is 42.1 Å². The number of hydrogen-bond donors (Lipinski definition) is 1. The largest absolute Gasteiger partial charge is 0.437 e. The summed E-state index contributed by atoms with van der Waals surface area (Å²) in [6.07, 6.45) is 0.993. The quantitative estimate of drug-likeness (QED) is 0.803. The predicted octanol–water partition coefficient (Wildman–Crippen LogP) is 3.16. The molecule has 134 valence electrons. The minimum absolute atomic E-state index is 0.0464. The van der Waals surface area contributed by atoms with Gasteiger partial charge in [0.2, 0.25) is 5.91 Å². The van der Waals surface area contributed by atoms with Crippen molar-refractivity contribution in [2.24, 2.45) is 0 Å². The molecule has 5 nitrogen and oxygen atoms in total. The van der Waals surface area contributed by atoms with E-state index in [1.54, 1.807) is 0 Å². The van der Waals surface area contributed by atoms with Crippen LogP contribution >= 0.6 is 11.8 Å². The molecule has 0 spiro atoms. The van der Waals surface area contributed by atoms with Crippen molar-refractivity contribution in [1.82, 2.24) is 15.2 Å². The first-order chi connectivity index (χ1) is 12.0. The van der Waals surface area contributed by atoms with Crippen LogP contribution in [0.25, 0.3) is 0 Å². The lowest BCUT2D eigenvalue weighted by Gasteiger charge is -2.18. The highest BCUT2D eigenvalue weighted by Gasteiger charge is 2.26. The highest BCUT2D eigenvalue weighted by Crippen LogP contribution is 2.25. The third-order valence-corrected chi connectivity index (χ3v) is 5.47. The van der Waals surface area contributed by atoms with Crippen LogP contribution in [0, 0.1) is 13.8 Å². The molecule has 0 bridgehead atoms. The highest BCUT2D eigenvalue weighted by atomic mass is 32.2. The van der Waals surface area contributed by atoms with Crippen LogP contribution in [0.15, 0.2) is 40.0 Å². The number of nitrogens with zero attached hydrogens (tertiary/aromatic N) is 2. The monoisotopic (exact) mass is 359 g/mol. The number of amides is 1. The molecule has 1 fully saturated rings. The third-order valence-electron chi connectivity index (χ3n) is 4.52. The fraction of sp³-hybridized carbons (Fsp3) is 0.474. The second-order valence-electron chi connectivity index (χ2n) is 6.60. The zero-order chi connectivity index (χ0) is 17.8. The van der Waals surface area contributed by atoms with Gasteiger partial charge >= 0.3 is 0 Å². The van der Waals surface area contributed by atoms with E-state index in [2.05, 4.69) is 39.5 Å². The van der Waals surface area contributed by atoms with Crippen LogP contribution in [-0.2, 0) is 11.3 Å². The molecule has 6 heteroatoms. The fourth-order valence-electron chi connectivity index (χ4n) is 2.95. The average molecular weight is 359 g/mol. The molecule has 0 saturated carbocycles. The van der Waals surface area contributed by atoms with Crippen molar-refractivity contribution in [2.45, 2.75) is 50.3 Å². The number of hydrogen-bond acceptors (Lipinski definition) is 5. The molecule has 25 heavy (non-hydrogen) atoms. The Hall–Kier alpha value is -1.79. The third kappa shape index (κ3) is 4.86. The molecular weight excluding hydrogens is 334 g/mol. The first-order valence-corrected chi connectivity index (χ1v) is 9.56.